The number of hydrogen-bond acceptors (Lipinski definition) is 3. The van der Waals surface area contributed by atoms with E-state index >= 15 is 0 Å². The van der Waals surface area contributed by atoms with Crippen molar-refractivity contribution in [3.8, 4) is 0 Å². The van der Waals surface area contributed by atoms with Gasteiger partial charge in [0.15, 0.2) is 0 Å². The van der Waals surface area contributed by atoms with Gasteiger partial charge < -0.3 is 15.0 Å². The third-order valence-electron chi connectivity index (χ3n) is 2.70. The van der Waals surface area contributed by atoms with Gasteiger partial charge in [0.25, 0.3) is 6.43 Å². The summed E-state index contributed by atoms with van der Waals surface area (Å²) in [6.45, 7) is 2.93. The molecule has 0 spiro atoms. The summed E-state index contributed by atoms with van der Waals surface area (Å²) in [5.41, 5.74) is 1.83. The molecule has 3 nitrogen and oxygen atoms in total. The molecule has 0 atom stereocenters. The molecule has 0 saturated carbocycles. The largest absolute Gasteiger partial charge is 0.379 e. The highest BCUT2D eigenvalue weighted by Crippen LogP contribution is 2.19. The topological polar surface area (TPSA) is 24.5 Å². The zero-order valence-corrected chi connectivity index (χ0v) is 9.53. The first-order chi connectivity index (χ1) is 8.25. The van der Waals surface area contributed by atoms with Crippen molar-refractivity contribution < 1.29 is 13.5 Å². The van der Waals surface area contributed by atoms with Gasteiger partial charge in [0.1, 0.15) is 0 Å². The Morgan fingerprint density at radius 3 is 2.41 bits per heavy atom. The highest BCUT2D eigenvalue weighted by molar-refractivity contribution is 5.55. The van der Waals surface area contributed by atoms with Crippen molar-refractivity contribution in [1.82, 2.24) is 0 Å². The Balaban J connectivity index is 1.92. The average molecular weight is 242 g/mol. The molecule has 1 fully saturated rings. The second-order valence-corrected chi connectivity index (χ2v) is 3.92. The van der Waals surface area contributed by atoms with Crippen molar-refractivity contribution in [2.75, 3.05) is 43.1 Å². The Kier molecular flexibility index (Phi) is 4.14. The molecule has 0 aliphatic carbocycles. The van der Waals surface area contributed by atoms with Gasteiger partial charge in [-0.25, -0.2) is 8.78 Å². The number of ether oxygens (including phenoxy) is 1. The number of rotatable bonds is 4. The van der Waals surface area contributed by atoms with Gasteiger partial charge in [0, 0.05) is 24.5 Å². The van der Waals surface area contributed by atoms with Crippen molar-refractivity contribution in [3.05, 3.63) is 24.3 Å². The summed E-state index contributed by atoms with van der Waals surface area (Å²) >= 11 is 0. The Hall–Kier alpha value is -1.36. The van der Waals surface area contributed by atoms with Gasteiger partial charge in [-0.15, -0.1) is 0 Å². The van der Waals surface area contributed by atoms with Crippen LogP contribution in [0.15, 0.2) is 24.3 Å². The summed E-state index contributed by atoms with van der Waals surface area (Å²) in [7, 11) is 0. The molecule has 17 heavy (non-hydrogen) atoms. The third-order valence-corrected chi connectivity index (χ3v) is 2.70. The molecular formula is C12H16F2N2O. The highest BCUT2D eigenvalue weighted by Gasteiger charge is 2.10. The van der Waals surface area contributed by atoms with Crippen LogP contribution >= 0.6 is 0 Å². The SMILES string of the molecule is FC(F)CNc1ccc(N2CCOCC2)cc1. The molecular weight excluding hydrogens is 226 g/mol. The molecule has 1 heterocycles. The summed E-state index contributed by atoms with van der Waals surface area (Å²) in [5, 5.41) is 2.68. The number of nitrogens with one attached hydrogen (secondary N) is 1. The standard InChI is InChI=1S/C12H16F2N2O/c13-12(14)9-15-10-1-3-11(4-2-10)16-5-7-17-8-6-16/h1-4,12,15H,5-9H2. The second-order valence-electron chi connectivity index (χ2n) is 3.92. The maximum Gasteiger partial charge on any atom is 0.255 e. The Morgan fingerprint density at radius 2 is 1.82 bits per heavy atom. The zero-order valence-electron chi connectivity index (χ0n) is 9.53. The maximum atomic E-state index is 12.0. The van der Waals surface area contributed by atoms with Gasteiger partial charge in [-0.3, -0.25) is 0 Å². The van der Waals surface area contributed by atoms with Crippen LogP contribution in [-0.2, 0) is 4.74 Å². The molecule has 0 unspecified atom stereocenters. The predicted molar refractivity (Wildman–Crippen MR) is 64.0 cm³/mol. The monoisotopic (exact) mass is 242 g/mol. The second kappa shape index (κ2) is 5.82. The quantitative estimate of drug-likeness (QED) is 0.876. The normalized spacial score (nSPS) is 16.3. The summed E-state index contributed by atoms with van der Waals surface area (Å²) in [6, 6.07) is 7.54. The van der Waals surface area contributed by atoms with Gasteiger partial charge in [-0.1, -0.05) is 0 Å². The van der Waals surface area contributed by atoms with Crippen LogP contribution in [0.1, 0.15) is 0 Å². The molecule has 0 amide bonds. The van der Waals surface area contributed by atoms with E-state index in [4.69, 9.17) is 4.74 Å². The Labute approximate surface area is 99.4 Å². The van der Waals surface area contributed by atoms with Gasteiger partial charge in [-0.2, -0.15) is 0 Å². The van der Waals surface area contributed by atoms with Crippen molar-refractivity contribution in [3.63, 3.8) is 0 Å². The van der Waals surface area contributed by atoms with Crippen molar-refractivity contribution in [2.45, 2.75) is 6.43 Å². The van der Waals surface area contributed by atoms with Crippen LogP contribution in [0.4, 0.5) is 20.2 Å². The number of benzene rings is 1. The number of anilines is 2. The van der Waals surface area contributed by atoms with E-state index in [-0.39, 0.29) is 6.54 Å². The van der Waals surface area contributed by atoms with E-state index in [2.05, 4.69) is 10.2 Å². The molecule has 0 bridgehead atoms. The zero-order chi connectivity index (χ0) is 12.1. The van der Waals surface area contributed by atoms with E-state index in [1.54, 1.807) is 0 Å². The van der Waals surface area contributed by atoms with Crippen molar-refractivity contribution in [1.29, 1.82) is 0 Å². The minimum atomic E-state index is -2.33. The molecule has 1 N–H and O–H groups in total. The summed E-state index contributed by atoms with van der Waals surface area (Å²) in [6.07, 6.45) is -2.33. The molecule has 0 radical (unpaired) electrons. The molecule has 1 saturated heterocycles. The van der Waals surface area contributed by atoms with Gasteiger partial charge >= 0.3 is 0 Å². The van der Waals surface area contributed by atoms with E-state index in [0.29, 0.717) is 0 Å². The number of alkyl halides is 2. The third kappa shape index (κ3) is 3.56. The molecule has 2 rings (SSSR count). The summed E-state index contributed by atoms with van der Waals surface area (Å²) < 4.78 is 29.3. The molecule has 1 aliphatic rings. The van der Waals surface area contributed by atoms with Crippen LogP contribution in [0.25, 0.3) is 0 Å². The lowest BCUT2D eigenvalue weighted by molar-refractivity contribution is 0.122. The molecule has 94 valence electrons. The van der Waals surface area contributed by atoms with E-state index < -0.39 is 6.43 Å². The summed E-state index contributed by atoms with van der Waals surface area (Å²) in [5.74, 6) is 0. The molecule has 1 aromatic rings. The van der Waals surface area contributed by atoms with Gasteiger partial charge in [0.2, 0.25) is 0 Å². The van der Waals surface area contributed by atoms with Gasteiger partial charge in [0.05, 0.1) is 19.8 Å². The maximum absolute atomic E-state index is 12.0. The first-order valence-electron chi connectivity index (χ1n) is 5.70. The minimum Gasteiger partial charge on any atom is -0.379 e. The Morgan fingerprint density at radius 1 is 1.18 bits per heavy atom. The van der Waals surface area contributed by atoms with Gasteiger partial charge in [-0.05, 0) is 24.3 Å². The van der Waals surface area contributed by atoms with E-state index in [0.717, 1.165) is 37.7 Å². The van der Waals surface area contributed by atoms with E-state index in [1.165, 1.54) is 0 Å². The average Bonchev–Trinajstić information content (AvgIpc) is 2.38. The van der Waals surface area contributed by atoms with Crippen molar-refractivity contribution >= 4 is 11.4 Å². The lowest BCUT2D eigenvalue weighted by Crippen LogP contribution is -2.36. The predicted octanol–water partition coefficient (Wildman–Crippen LogP) is 2.20. The fraction of sp³-hybridized carbons (Fsp3) is 0.500. The number of halogens is 2. The molecule has 0 aromatic heterocycles. The van der Waals surface area contributed by atoms with E-state index in [1.807, 2.05) is 24.3 Å². The van der Waals surface area contributed by atoms with Crippen LogP contribution in [0, 0.1) is 0 Å². The highest BCUT2D eigenvalue weighted by atomic mass is 19.3. The number of nitrogens with zero attached hydrogens (tertiary/aromatic N) is 1. The number of morpholine rings is 1. The van der Waals surface area contributed by atoms with E-state index in [9.17, 15) is 8.78 Å². The Bertz CT molecular complexity index is 337. The fourth-order valence-electron chi connectivity index (χ4n) is 1.81. The van der Waals surface area contributed by atoms with Crippen LogP contribution in [0.2, 0.25) is 0 Å². The van der Waals surface area contributed by atoms with Crippen LogP contribution in [0.3, 0.4) is 0 Å². The molecule has 1 aliphatic heterocycles. The molecule has 5 heteroatoms. The van der Waals surface area contributed by atoms with Crippen molar-refractivity contribution in [2.24, 2.45) is 0 Å². The minimum absolute atomic E-state index is 0.309. The summed E-state index contributed by atoms with van der Waals surface area (Å²) in [4.78, 5) is 2.22. The number of hydrogen-bond donors (Lipinski definition) is 1. The van der Waals surface area contributed by atoms with Crippen LogP contribution in [-0.4, -0.2) is 39.3 Å². The van der Waals surface area contributed by atoms with Crippen LogP contribution < -0.4 is 10.2 Å². The first-order valence-corrected chi connectivity index (χ1v) is 5.70. The first kappa shape index (κ1) is 12.1. The fourth-order valence-corrected chi connectivity index (χ4v) is 1.81. The van der Waals surface area contributed by atoms with Crippen LogP contribution in [0.5, 0.6) is 0 Å². The lowest BCUT2D eigenvalue weighted by atomic mass is 10.2. The molecule has 1 aromatic carbocycles. The lowest BCUT2D eigenvalue weighted by Gasteiger charge is -2.28. The smallest absolute Gasteiger partial charge is 0.255 e.